The average molecular weight is 423 g/mol. The zero-order valence-corrected chi connectivity index (χ0v) is 17.8. The molecule has 0 spiro atoms. The van der Waals surface area contributed by atoms with Gasteiger partial charge in [-0.05, 0) is 49.6 Å². The van der Waals surface area contributed by atoms with Crippen LogP contribution < -0.4 is 15.0 Å². The largest absolute Gasteiger partial charge is 0.497 e. The van der Waals surface area contributed by atoms with Crippen LogP contribution in [-0.2, 0) is 17.8 Å². The molecule has 0 radical (unpaired) electrons. The molecule has 1 aliphatic rings. The third-order valence-electron chi connectivity index (χ3n) is 4.95. The molecule has 2 aromatic rings. The number of rotatable bonds is 8. The van der Waals surface area contributed by atoms with Gasteiger partial charge in [-0.2, -0.15) is 0 Å². The third kappa shape index (κ3) is 4.66. The van der Waals surface area contributed by atoms with Crippen LogP contribution >= 0.6 is 22.9 Å². The van der Waals surface area contributed by atoms with Gasteiger partial charge in [0, 0.05) is 0 Å². The van der Waals surface area contributed by atoms with Crippen molar-refractivity contribution in [2.45, 2.75) is 31.8 Å². The number of thiophene rings is 1. The van der Waals surface area contributed by atoms with Crippen LogP contribution in [0.2, 0.25) is 4.34 Å². The van der Waals surface area contributed by atoms with Crippen LogP contribution in [-0.4, -0.2) is 43.2 Å². The average Bonchev–Trinajstić information content (AvgIpc) is 3.16. The van der Waals surface area contributed by atoms with Gasteiger partial charge in [-0.3, -0.25) is 4.79 Å². The number of carbonyl (C=O) groups is 2. The van der Waals surface area contributed by atoms with Crippen LogP contribution in [0.5, 0.6) is 5.75 Å². The van der Waals surface area contributed by atoms with Crippen LogP contribution in [0, 0.1) is 0 Å². The Morgan fingerprint density at radius 3 is 2.54 bits per heavy atom. The summed E-state index contributed by atoms with van der Waals surface area (Å²) < 4.78 is 5.91. The van der Waals surface area contributed by atoms with E-state index in [1.165, 1.54) is 16.2 Å². The molecule has 2 heterocycles. The number of halogens is 1. The summed E-state index contributed by atoms with van der Waals surface area (Å²) in [4.78, 5) is 28.9. The number of imide groups is 1. The fourth-order valence-electron chi connectivity index (χ4n) is 3.32. The van der Waals surface area contributed by atoms with Gasteiger partial charge in [0.25, 0.3) is 5.91 Å². The van der Waals surface area contributed by atoms with E-state index >= 15 is 0 Å². The number of nitrogens with one attached hydrogen (secondary N) is 2. The topological polar surface area (TPSA) is 63.1 Å². The number of ether oxygens (including phenoxy) is 1. The lowest BCUT2D eigenvalue weighted by molar-refractivity contribution is -0.900. The number of hydrogen-bond acceptors (Lipinski definition) is 4. The summed E-state index contributed by atoms with van der Waals surface area (Å²) in [5, 5.41) is 2.88. The van der Waals surface area contributed by atoms with E-state index in [-0.39, 0.29) is 11.9 Å². The van der Waals surface area contributed by atoms with E-state index in [9.17, 15) is 9.59 Å². The van der Waals surface area contributed by atoms with Crippen LogP contribution in [0.15, 0.2) is 36.4 Å². The molecule has 1 fully saturated rings. The minimum Gasteiger partial charge on any atom is -0.497 e. The van der Waals surface area contributed by atoms with Crippen molar-refractivity contribution in [2.24, 2.45) is 0 Å². The number of carbonyl (C=O) groups excluding carboxylic acids is 2. The van der Waals surface area contributed by atoms with Gasteiger partial charge in [-0.1, -0.05) is 23.7 Å². The van der Waals surface area contributed by atoms with Gasteiger partial charge in [-0.15, -0.1) is 11.3 Å². The summed E-state index contributed by atoms with van der Waals surface area (Å²) in [6.07, 6.45) is 1.23. The smallest absolute Gasteiger partial charge is 0.329 e. The molecule has 0 bridgehead atoms. The first-order valence-electron chi connectivity index (χ1n) is 9.13. The Bertz CT molecular complexity index is 855. The molecule has 0 aliphatic carbocycles. The Morgan fingerprint density at radius 2 is 1.93 bits per heavy atom. The molecule has 2 N–H and O–H groups in total. The van der Waals surface area contributed by atoms with Crippen LogP contribution in [0.25, 0.3) is 0 Å². The minimum atomic E-state index is -0.885. The summed E-state index contributed by atoms with van der Waals surface area (Å²) in [6, 6.07) is 11.3. The quantitative estimate of drug-likeness (QED) is 0.642. The molecule has 0 saturated carbocycles. The summed E-state index contributed by atoms with van der Waals surface area (Å²) in [6.45, 7) is 2.82. The lowest BCUT2D eigenvalue weighted by Gasteiger charge is -2.23. The second kappa shape index (κ2) is 8.51. The molecular formula is C20H25ClN3O3S+. The predicted molar refractivity (Wildman–Crippen MR) is 110 cm³/mol. The number of aryl methyl sites for hydroxylation is 1. The van der Waals surface area contributed by atoms with E-state index in [1.807, 2.05) is 43.4 Å². The van der Waals surface area contributed by atoms with E-state index in [2.05, 4.69) is 5.32 Å². The number of urea groups is 1. The summed E-state index contributed by atoms with van der Waals surface area (Å²) >= 11 is 7.49. The van der Waals surface area contributed by atoms with Crippen molar-refractivity contribution in [1.29, 1.82) is 0 Å². The Kier molecular flexibility index (Phi) is 6.27. The van der Waals surface area contributed by atoms with E-state index in [1.54, 1.807) is 14.0 Å². The van der Waals surface area contributed by atoms with Crippen LogP contribution in [0.3, 0.4) is 0 Å². The fraction of sp³-hybridized carbons (Fsp3) is 0.400. The maximum Gasteiger partial charge on any atom is 0.329 e. The molecule has 1 aliphatic heterocycles. The van der Waals surface area contributed by atoms with Crippen molar-refractivity contribution in [1.82, 2.24) is 10.2 Å². The number of amides is 3. The molecule has 1 aromatic carbocycles. The van der Waals surface area contributed by atoms with Gasteiger partial charge >= 0.3 is 6.03 Å². The molecule has 150 valence electrons. The minimum absolute atomic E-state index is 0.172. The zero-order valence-electron chi connectivity index (χ0n) is 16.3. The normalized spacial score (nSPS) is 20.4. The summed E-state index contributed by atoms with van der Waals surface area (Å²) in [5.74, 6) is 0.624. The first-order chi connectivity index (χ1) is 13.3. The molecule has 3 amide bonds. The highest BCUT2D eigenvalue weighted by molar-refractivity contribution is 7.16. The molecule has 28 heavy (non-hydrogen) atoms. The molecule has 1 unspecified atom stereocenters. The molecule has 6 nitrogen and oxygen atoms in total. The van der Waals surface area contributed by atoms with Crippen LogP contribution in [0.4, 0.5) is 4.79 Å². The Labute approximate surface area is 174 Å². The lowest BCUT2D eigenvalue weighted by Crippen LogP contribution is -3.09. The van der Waals surface area contributed by atoms with Gasteiger partial charge in [0.15, 0.2) is 6.67 Å². The number of benzene rings is 1. The monoisotopic (exact) mass is 422 g/mol. The third-order valence-corrected chi connectivity index (χ3v) is 6.18. The zero-order chi connectivity index (χ0) is 20.3. The standard InChI is InChI=1S/C20H24ClN3O3S/c1-20(11-10-14-4-6-15(27-3)7-5-14)18(25)24(19(26)22-20)13-23(2)12-16-8-9-17(21)28-16/h4-9H,10-13H2,1-3H3,(H,22,26)/p+1/t20-/m1/s1. The van der Waals surface area contributed by atoms with Gasteiger partial charge in [-0.25, -0.2) is 9.69 Å². The van der Waals surface area contributed by atoms with Crippen LogP contribution in [0.1, 0.15) is 23.8 Å². The Balaban J connectivity index is 1.59. The van der Waals surface area contributed by atoms with Crippen molar-refractivity contribution >= 4 is 34.9 Å². The number of methoxy groups -OCH3 is 1. The van der Waals surface area contributed by atoms with Crippen molar-refractivity contribution in [3.05, 3.63) is 51.2 Å². The second-order valence-corrected chi connectivity index (χ2v) is 9.14. The number of quaternary nitrogens is 1. The van der Waals surface area contributed by atoms with Gasteiger partial charge in [0.05, 0.1) is 23.4 Å². The van der Waals surface area contributed by atoms with Gasteiger partial charge < -0.3 is 15.0 Å². The van der Waals surface area contributed by atoms with Crippen molar-refractivity contribution in [3.63, 3.8) is 0 Å². The second-order valence-electron chi connectivity index (χ2n) is 7.34. The highest BCUT2D eigenvalue weighted by Gasteiger charge is 2.48. The number of nitrogens with zero attached hydrogens (tertiary/aromatic N) is 1. The maximum atomic E-state index is 12.9. The molecule has 1 saturated heterocycles. The number of hydrogen-bond donors (Lipinski definition) is 2. The van der Waals surface area contributed by atoms with Gasteiger partial charge in [0.2, 0.25) is 0 Å². The first-order valence-corrected chi connectivity index (χ1v) is 10.3. The Morgan fingerprint density at radius 1 is 1.21 bits per heavy atom. The van der Waals surface area contributed by atoms with Crippen molar-refractivity contribution in [3.8, 4) is 5.75 Å². The highest BCUT2D eigenvalue weighted by atomic mass is 35.5. The molecule has 3 rings (SSSR count). The van der Waals surface area contributed by atoms with E-state index in [0.717, 1.165) is 25.4 Å². The predicted octanol–water partition coefficient (Wildman–Crippen LogP) is 2.33. The first kappa shape index (κ1) is 20.6. The highest BCUT2D eigenvalue weighted by Crippen LogP contribution is 2.24. The Hall–Kier alpha value is -2.09. The van der Waals surface area contributed by atoms with E-state index < -0.39 is 5.54 Å². The fourth-order valence-corrected chi connectivity index (χ4v) is 4.52. The maximum absolute atomic E-state index is 12.9. The SMILES string of the molecule is COc1ccc(CC[C@@]2(C)NC(=O)N(C[NH+](C)Cc3ccc(Cl)s3)C2=O)cc1. The van der Waals surface area contributed by atoms with E-state index in [0.29, 0.717) is 26.1 Å². The van der Waals surface area contributed by atoms with Crippen molar-refractivity contribution < 1.29 is 19.2 Å². The molecule has 8 heteroatoms. The van der Waals surface area contributed by atoms with E-state index in [4.69, 9.17) is 16.3 Å². The summed E-state index contributed by atoms with van der Waals surface area (Å²) in [5.41, 5.74) is 0.212. The molecule has 1 aromatic heterocycles. The van der Waals surface area contributed by atoms with Crippen molar-refractivity contribution in [2.75, 3.05) is 20.8 Å². The molecule has 2 atom stereocenters. The van der Waals surface area contributed by atoms with Gasteiger partial charge in [0.1, 0.15) is 17.8 Å². The summed E-state index contributed by atoms with van der Waals surface area (Å²) in [7, 11) is 3.59. The molecular weight excluding hydrogens is 398 g/mol. The lowest BCUT2D eigenvalue weighted by atomic mass is 9.93.